The molecule has 6 nitrogen and oxygen atoms in total. The predicted molar refractivity (Wildman–Crippen MR) is 115 cm³/mol. The SMILES string of the molecule is CCN(CC)S(=O)(=O)c1ccc(N2CCN(c3cc(Cl)ccc3C)CC2)nc1. The summed E-state index contributed by atoms with van der Waals surface area (Å²) in [6.07, 6.45) is 1.47. The maximum atomic E-state index is 12.6. The molecule has 8 heteroatoms. The smallest absolute Gasteiger partial charge is 0.244 e. The molecule has 0 saturated carbocycles. The molecule has 0 aliphatic carbocycles. The highest BCUT2D eigenvalue weighted by molar-refractivity contribution is 7.89. The van der Waals surface area contributed by atoms with Crippen molar-refractivity contribution in [2.45, 2.75) is 25.7 Å². The van der Waals surface area contributed by atoms with Gasteiger partial charge < -0.3 is 9.80 Å². The predicted octanol–water partition coefficient (Wildman–Crippen LogP) is 3.40. The van der Waals surface area contributed by atoms with Gasteiger partial charge in [0.05, 0.1) is 0 Å². The lowest BCUT2D eigenvalue weighted by atomic mass is 10.1. The molecule has 0 bridgehead atoms. The molecule has 1 saturated heterocycles. The van der Waals surface area contributed by atoms with E-state index in [-0.39, 0.29) is 4.90 Å². The number of piperazine rings is 1. The van der Waals surface area contributed by atoms with Gasteiger partial charge in [0, 0.05) is 56.2 Å². The molecule has 2 heterocycles. The normalized spacial score (nSPS) is 15.3. The number of benzene rings is 1. The second-order valence-electron chi connectivity index (χ2n) is 6.85. The van der Waals surface area contributed by atoms with Crippen LogP contribution in [0.2, 0.25) is 5.02 Å². The van der Waals surface area contributed by atoms with Gasteiger partial charge >= 0.3 is 0 Å². The van der Waals surface area contributed by atoms with E-state index in [1.165, 1.54) is 21.8 Å². The first-order valence-electron chi connectivity index (χ1n) is 9.59. The highest BCUT2D eigenvalue weighted by Gasteiger charge is 2.23. The lowest BCUT2D eigenvalue weighted by Gasteiger charge is -2.37. The third-order valence-electron chi connectivity index (χ3n) is 5.18. The van der Waals surface area contributed by atoms with Crippen LogP contribution in [-0.4, -0.2) is 57.0 Å². The largest absolute Gasteiger partial charge is 0.368 e. The lowest BCUT2D eigenvalue weighted by molar-refractivity contribution is 0.445. The van der Waals surface area contributed by atoms with Crippen molar-refractivity contribution in [1.29, 1.82) is 0 Å². The molecule has 1 aromatic heterocycles. The average molecular weight is 423 g/mol. The highest BCUT2D eigenvalue weighted by atomic mass is 35.5. The van der Waals surface area contributed by atoms with Gasteiger partial charge in [-0.2, -0.15) is 4.31 Å². The first kappa shape index (κ1) is 20.9. The van der Waals surface area contributed by atoms with Gasteiger partial charge in [-0.05, 0) is 36.8 Å². The summed E-state index contributed by atoms with van der Waals surface area (Å²) < 4.78 is 26.6. The van der Waals surface area contributed by atoms with Gasteiger partial charge in [-0.25, -0.2) is 13.4 Å². The summed E-state index contributed by atoms with van der Waals surface area (Å²) in [6.45, 7) is 10.0. The number of hydrogen-bond donors (Lipinski definition) is 0. The maximum absolute atomic E-state index is 12.6. The third kappa shape index (κ3) is 4.26. The second kappa shape index (κ2) is 8.68. The molecule has 2 aromatic rings. The Kier molecular flexibility index (Phi) is 6.47. The Hall–Kier alpha value is -1.83. The van der Waals surface area contributed by atoms with Crippen LogP contribution in [0.3, 0.4) is 0 Å². The summed E-state index contributed by atoms with van der Waals surface area (Å²) in [4.78, 5) is 9.19. The van der Waals surface area contributed by atoms with Gasteiger partial charge in [0.2, 0.25) is 10.0 Å². The molecular weight excluding hydrogens is 396 g/mol. The molecule has 152 valence electrons. The van der Waals surface area contributed by atoms with Gasteiger partial charge in [-0.3, -0.25) is 0 Å². The third-order valence-corrected chi connectivity index (χ3v) is 7.45. The van der Waals surface area contributed by atoms with Crippen LogP contribution >= 0.6 is 11.6 Å². The first-order valence-corrected chi connectivity index (χ1v) is 11.4. The average Bonchev–Trinajstić information content (AvgIpc) is 2.71. The molecule has 28 heavy (non-hydrogen) atoms. The minimum atomic E-state index is -3.47. The molecule has 0 unspecified atom stereocenters. The van der Waals surface area contributed by atoms with Crippen molar-refractivity contribution in [3.8, 4) is 0 Å². The zero-order valence-corrected chi connectivity index (χ0v) is 18.2. The summed E-state index contributed by atoms with van der Waals surface area (Å²) in [7, 11) is -3.47. The Labute approximate surface area is 172 Å². The van der Waals surface area contributed by atoms with Crippen LogP contribution in [0.5, 0.6) is 0 Å². The Bertz CT molecular complexity index is 906. The molecule has 3 rings (SSSR count). The molecule has 0 amide bonds. The summed E-state index contributed by atoms with van der Waals surface area (Å²) in [5.41, 5.74) is 2.38. The van der Waals surface area contributed by atoms with Crippen molar-refractivity contribution >= 4 is 33.1 Å². The van der Waals surface area contributed by atoms with E-state index in [2.05, 4.69) is 21.7 Å². The zero-order chi connectivity index (χ0) is 20.3. The summed E-state index contributed by atoms with van der Waals surface area (Å²) >= 11 is 6.16. The number of hydrogen-bond acceptors (Lipinski definition) is 5. The monoisotopic (exact) mass is 422 g/mol. The van der Waals surface area contributed by atoms with E-state index >= 15 is 0 Å². The summed E-state index contributed by atoms with van der Waals surface area (Å²) in [6, 6.07) is 9.42. The number of pyridine rings is 1. The van der Waals surface area contributed by atoms with E-state index in [4.69, 9.17) is 11.6 Å². The molecule has 0 spiro atoms. The Morgan fingerprint density at radius 2 is 1.68 bits per heavy atom. The molecule has 0 atom stereocenters. The lowest BCUT2D eigenvalue weighted by Crippen LogP contribution is -2.47. The minimum Gasteiger partial charge on any atom is -0.368 e. The van der Waals surface area contributed by atoms with E-state index in [1.54, 1.807) is 12.1 Å². The molecule has 1 aromatic carbocycles. The molecule has 0 N–H and O–H groups in total. The number of aryl methyl sites for hydroxylation is 1. The quantitative estimate of drug-likeness (QED) is 0.714. The van der Waals surface area contributed by atoms with Crippen molar-refractivity contribution in [3.63, 3.8) is 0 Å². The fraction of sp³-hybridized carbons (Fsp3) is 0.450. The van der Waals surface area contributed by atoms with E-state index in [0.717, 1.165) is 37.0 Å². The van der Waals surface area contributed by atoms with Gasteiger partial charge in [0.15, 0.2) is 0 Å². The van der Waals surface area contributed by atoms with Gasteiger partial charge in [0.1, 0.15) is 10.7 Å². The number of rotatable bonds is 6. The van der Waals surface area contributed by atoms with Crippen molar-refractivity contribution in [1.82, 2.24) is 9.29 Å². The Morgan fingerprint density at radius 1 is 1.04 bits per heavy atom. The number of aromatic nitrogens is 1. The van der Waals surface area contributed by atoms with Crippen LogP contribution in [0.25, 0.3) is 0 Å². The minimum absolute atomic E-state index is 0.244. The zero-order valence-electron chi connectivity index (χ0n) is 16.6. The summed E-state index contributed by atoms with van der Waals surface area (Å²) in [5.74, 6) is 0.806. The standard InChI is InChI=1S/C20H27ClN4O2S/c1-4-25(5-2)28(26,27)18-8-9-20(22-15-18)24-12-10-23(11-13-24)19-14-17(21)7-6-16(19)3/h6-9,14-15H,4-5,10-13H2,1-3H3. The number of halogens is 1. The van der Waals surface area contributed by atoms with Crippen molar-refractivity contribution in [3.05, 3.63) is 47.1 Å². The van der Waals surface area contributed by atoms with E-state index in [9.17, 15) is 8.42 Å². The Morgan fingerprint density at radius 3 is 2.25 bits per heavy atom. The van der Waals surface area contributed by atoms with Crippen molar-refractivity contribution < 1.29 is 8.42 Å². The van der Waals surface area contributed by atoms with Crippen LogP contribution in [0.1, 0.15) is 19.4 Å². The molecule has 0 radical (unpaired) electrons. The van der Waals surface area contributed by atoms with Crippen LogP contribution in [0.4, 0.5) is 11.5 Å². The van der Waals surface area contributed by atoms with Crippen LogP contribution < -0.4 is 9.80 Å². The molecule has 1 aliphatic heterocycles. The van der Waals surface area contributed by atoms with Crippen LogP contribution in [0.15, 0.2) is 41.4 Å². The molecular formula is C20H27ClN4O2S. The fourth-order valence-corrected chi connectivity index (χ4v) is 5.09. The summed E-state index contributed by atoms with van der Waals surface area (Å²) in [5, 5.41) is 0.745. The number of nitrogens with zero attached hydrogens (tertiary/aromatic N) is 4. The number of anilines is 2. The first-order chi connectivity index (χ1) is 13.4. The molecule has 1 aliphatic rings. The topological polar surface area (TPSA) is 56.8 Å². The van der Waals surface area contributed by atoms with E-state index in [1.807, 2.05) is 32.0 Å². The van der Waals surface area contributed by atoms with Gasteiger partial charge in [-0.1, -0.05) is 31.5 Å². The van der Waals surface area contributed by atoms with E-state index < -0.39 is 10.0 Å². The van der Waals surface area contributed by atoms with Gasteiger partial charge in [0.25, 0.3) is 0 Å². The maximum Gasteiger partial charge on any atom is 0.244 e. The Balaban J connectivity index is 1.69. The molecule has 1 fully saturated rings. The highest BCUT2D eigenvalue weighted by Crippen LogP contribution is 2.26. The van der Waals surface area contributed by atoms with Crippen LogP contribution in [0, 0.1) is 6.92 Å². The second-order valence-corrected chi connectivity index (χ2v) is 9.22. The number of sulfonamides is 1. The van der Waals surface area contributed by atoms with Crippen molar-refractivity contribution in [2.24, 2.45) is 0 Å². The fourth-order valence-electron chi connectivity index (χ4n) is 3.52. The van der Waals surface area contributed by atoms with Crippen molar-refractivity contribution in [2.75, 3.05) is 49.1 Å². The van der Waals surface area contributed by atoms with E-state index in [0.29, 0.717) is 13.1 Å². The van der Waals surface area contributed by atoms with Crippen LogP contribution in [-0.2, 0) is 10.0 Å². The van der Waals surface area contributed by atoms with Gasteiger partial charge in [-0.15, -0.1) is 0 Å².